The van der Waals surface area contributed by atoms with Crippen molar-refractivity contribution < 1.29 is 0 Å². The minimum Gasteiger partial charge on any atom is -0.328 e. The van der Waals surface area contributed by atoms with E-state index < -0.39 is 0 Å². The zero-order valence-corrected chi connectivity index (χ0v) is 10.9. The van der Waals surface area contributed by atoms with E-state index in [4.69, 9.17) is 5.73 Å². The predicted molar refractivity (Wildman–Crippen MR) is 67.9 cm³/mol. The van der Waals surface area contributed by atoms with E-state index in [2.05, 4.69) is 20.8 Å². The molecule has 15 heavy (non-hydrogen) atoms. The predicted octanol–water partition coefficient (Wildman–Crippen LogP) is 4.11. The topological polar surface area (TPSA) is 26.0 Å². The van der Waals surface area contributed by atoms with Crippen molar-refractivity contribution in [2.24, 2.45) is 17.1 Å². The van der Waals surface area contributed by atoms with Gasteiger partial charge in [-0.05, 0) is 30.6 Å². The third-order valence-corrected chi connectivity index (χ3v) is 3.63. The lowest BCUT2D eigenvalue weighted by atomic mass is 9.82. The van der Waals surface area contributed by atoms with Crippen LogP contribution < -0.4 is 5.73 Å². The van der Waals surface area contributed by atoms with Gasteiger partial charge in [0.05, 0.1) is 0 Å². The number of rotatable bonds is 4. The summed E-state index contributed by atoms with van der Waals surface area (Å²) in [6.45, 7) is 6.92. The number of hydrogen-bond donors (Lipinski definition) is 1. The third-order valence-electron chi connectivity index (χ3n) is 3.63. The monoisotopic (exact) mass is 211 g/mol. The lowest BCUT2D eigenvalue weighted by molar-refractivity contribution is 0.288. The zero-order chi connectivity index (χ0) is 11.3. The van der Waals surface area contributed by atoms with Crippen LogP contribution >= 0.6 is 0 Å². The van der Waals surface area contributed by atoms with Crippen LogP contribution in [0.25, 0.3) is 0 Å². The first-order valence-corrected chi connectivity index (χ1v) is 6.73. The van der Waals surface area contributed by atoms with Gasteiger partial charge in [0.1, 0.15) is 0 Å². The van der Waals surface area contributed by atoms with Crippen LogP contribution in [0.15, 0.2) is 0 Å². The molecule has 0 heterocycles. The molecular formula is C14H29N. The van der Waals surface area contributed by atoms with Crippen molar-refractivity contribution in [2.45, 2.75) is 78.2 Å². The maximum absolute atomic E-state index is 6.21. The Morgan fingerprint density at radius 1 is 1.13 bits per heavy atom. The second kappa shape index (κ2) is 5.89. The Kier molecular flexibility index (Phi) is 5.11. The smallest absolute Gasteiger partial charge is 0.00416 e. The van der Waals surface area contributed by atoms with E-state index in [-0.39, 0.29) is 0 Å². The molecule has 1 aliphatic carbocycles. The molecule has 1 saturated carbocycles. The molecule has 1 aliphatic rings. The van der Waals surface area contributed by atoms with Crippen molar-refractivity contribution in [3.05, 3.63) is 0 Å². The van der Waals surface area contributed by atoms with E-state index in [1.54, 1.807) is 0 Å². The summed E-state index contributed by atoms with van der Waals surface area (Å²) in [7, 11) is 0. The van der Waals surface area contributed by atoms with Gasteiger partial charge in [0.25, 0.3) is 0 Å². The van der Waals surface area contributed by atoms with Gasteiger partial charge in [-0.1, -0.05) is 52.9 Å². The van der Waals surface area contributed by atoms with Crippen molar-refractivity contribution in [2.75, 3.05) is 0 Å². The van der Waals surface area contributed by atoms with Gasteiger partial charge in [-0.15, -0.1) is 0 Å². The fourth-order valence-corrected chi connectivity index (χ4v) is 2.59. The summed E-state index contributed by atoms with van der Waals surface area (Å²) in [5.74, 6) is 0.939. The largest absolute Gasteiger partial charge is 0.328 e. The Bertz CT molecular complexity index is 163. The fraction of sp³-hybridized carbons (Fsp3) is 1.00. The van der Waals surface area contributed by atoms with Gasteiger partial charge >= 0.3 is 0 Å². The van der Waals surface area contributed by atoms with Crippen LogP contribution in [0.4, 0.5) is 0 Å². The fourth-order valence-electron chi connectivity index (χ4n) is 2.59. The molecule has 1 fully saturated rings. The molecule has 0 spiro atoms. The van der Waals surface area contributed by atoms with Crippen LogP contribution in [-0.2, 0) is 0 Å². The standard InChI is InChI=1S/C14H29N/c1-14(2,3)10-9-13(15)11-12-7-5-4-6-8-12/h12-13H,4-11,15H2,1-3H3. The molecule has 1 atom stereocenters. The van der Waals surface area contributed by atoms with Gasteiger partial charge in [0, 0.05) is 6.04 Å². The van der Waals surface area contributed by atoms with Crippen LogP contribution in [0.3, 0.4) is 0 Å². The Hall–Kier alpha value is -0.0400. The minimum absolute atomic E-state index is 0.449. The van der Waals surface area contributed by atoms with Crippen molar-refractivity contribution in [1.29, 1.82) is 0 Å². The summed E-state index contributed by atoms with van der Waals surface area (Å²) in [4.78, 5) is 0. The molecule has 0 saturated heterocycles. The second-order valence-electron chi connectivity index (χ2n) is 6.60. The van der Waals surface area contributed by atoms with E-state index in [1.807, 2.05) is 0 Å². The molecule has 1 rings (SSSR count). The molecule has 2 N–H and O–H groups in total. The highest BCUT2D eigenvalue weighted by Gasteiger charge is 2.18. The van der Waals surface area contributed by atoms with E-state index in [0.717, 1.165) is 5.92 Å². The Balaban J connectivity index is 2.14. The maximum Gasteiger partial charge on any atom is 0.00416 e. The average Bonchev–Trinajstić information content (AvgIpc) is 2.15. The SMILES string of the molecule is CC(C)(C)CCC(N)CC1CCCCC1. The molecule has 1 unspecified atom stereocenters. The molecule has 0 bridgehead atoms. The summed E-state index contributed by atoms with van der Waals surface area (Å²) < 4.78 is 0. The number of hydrogen-bond acceptors (Lipinski definition) is 1. The third kappa shape index (κ3) is 6.19. The van der Waals surface area contributed by atoms with Gasteiger partial charge in [0.15, 0.2) is 0 Å². The summed E-state index contributed by atoms with van der Waals surface area (Å²) in [5.41, 5.74) is 6.66. The van der Waals surface area contributed by atoms with Crippen molar-refractivity contribution in [3.8, 4) is 0 Å². The highest BCUT2D eigenvalue weighted by Crippen LogP contribution is 2.29. The lowest BCUT2D eigenvalue weighted by Crippen LogP contribution is -2.26. The Labute approximate surface area is 95.8 Å². The molecule has 0 aromatic heterocycles. The van der Waals surface area contributed by atoms with E-state index in [1.165, 1.54) is 51.4 Å². The normalized spacial score (nSPS) is 21.6. The maximum atomic E-state index is 6.21. The Morgan fingerprint density at radius 2 is 1.73 bits per heavy atom. The quantitative estimate of drug-likeness (QED) is 0.744. The van der Waals surface area contributed by atoms with Crippen molar-refractivity contribution in [3.63, 3.8) is 0 Å². The van der Waals surface area contributed by atoms with Gasteiger partial charge in [-0.25, -0.2) is 0 Å². The van der Waals surface area contributed by atoms with Gasteiger partial charge in [-0.3, -0.25) is 0 Å². The Morgan fingerprint density at radius 3 is 2.27 bits per heavy atom. The summed E-state index contributed by atoms with van der Waals surface area (Å²) >= 11 is 0. The first-order chi connectivity index (χ1) is 6.97. The highest BCUT2D eigenvalue weighted by atomic mass is 14.6. The molecule has 0 aromatic rings. The second-order valence-corrected chi connectivity index (χ2v) is 6.60. The van der Waals surface area contributed by atoms with Crippen LogP contribution in [-0.4, -0.2) is 6.04 Å². The first-order valence-electron chi connectivity index (χ1n) is 6.73. The molecule has 0 radical (unpaired) electrons. The molecule has 90 valence electrons. The van der Waals surface area contributed by atoms with Crippen LogP contribution in [0.2, 0.25) is 0 Å². The molecule has 1 heteroatoms. The average molecular weight is 211 g/mol. The summed E-state index contributed by atoms with van der Waals surface area (Å²) in [6, 6.07) is 0.451. The van der Waals surface area contributed by atoms with Crippen molar-refractivity contribution in [1.82, 2.24) is 0 Å². The van der Waals surface area contributed by atoms with E-state index in [0.29, 0.717) is 11.5 Å². The highest BCUT2D eigenvalue weighted by molar-refractivity contribution is 4.74. The van der Waals surface area contributed by atoms with E-state index in [9.17, 15) is 0 Å². The zero-order valence-electron chi connectivity index (χ0n) is 10.9. The minimum atomic E-state index is 0.449. The molecule has 0 amide bonds. The van der Waals surface area contributed by atoms with E-state index >= 15 is 0 Å². The number of nitrogens with two attached hydrogens (primary N) is 1. The van der Waals surface area contributed by atoms with Gasteiger partial charge in [0.2, 0.25) is 0 Å². The molecule has 0 aliphatic heterocycles. The van der Waals surface area contributed by atoms with Crippen molar-refractivity contribution >= 4 is 0 Å². The molecule has 0 aromatic carbocycles. The van der Waals surface area contributed by atoms with Crippen LogP contribution in [0.1, 0.15) is 72.1 Å². The van der Waals surface area contributed by atoms with Gasteiger partial charge < -0.3 is 5.73 Å². The lowest BCUT2D eigenvalue weighted by Gasteiger charge is -2.26. The summed E-state index contributed by atoms with van der Waals surface area (Å²) in [5, 5.41) is 0. The van der Waals surface area contributed by atoms with Crippen LogP contribution in [0, 0.1) is 11.3 Å². The first kappa shape index (κ1) is 13.0. The van der Waals surface area contributed by atoms with Gasteiger partial charge in [-0.2, -0.15) is 0 Å². The molecular weight excluding hydrogens is 182 g/mol. The molecule has 1 nitrogen and oxygen atoms in total. The summed E-state index contributed by atoms with van der Waals surface area (Å²) in [6.07, 6.45) is 10.9. The van der Waals surface area contributed by atoms with Crippen LogP contribution in [0.5, 0.6) is 0 Å².